The van der Waals surface area contributed by atoms with E-state index in [0.717, 1.165) is 51.4 Å². The van der Waals surface area contributed by atoms with Crippen molar-refractivity contribution in [3.05, 3.63) is 0 Å². The van der Waals surface area contributed by atoms with Crippen molar-refractivity contribution in [2.24, 2.45) is 0 Å². The van der Waals surface area contributed by atoms with Crippen molar-refractivity contribution in [2.75, 3.05) is 0 Å². The fourth-order valence-corrected chi connectivity index (χ4v) is 10.6. The zero-order valence-corrected chi connectivity index (χ0v) is 64.8. The van der Waals surface area contributed by atoms with Crippen molar-refractivity contribution >= 4 is 122 Å². The molecule has 0 saturated carbocycles. The molecule has 0 radical (unpaired) electrons. The Kier molecular flexibility index (Phi) is 104. The van der Waals surface area contributed by atoms with Crippen LogP contribution in [0.5, 0.6) is 0 Å². The molecule has 0 unspecified atom stereocenters. The van der Waals surface area contributed by atoms with E-state index in [0.29, 0.717) is 0 Å². The predicted octanol–water partition coefficient (Wildman–Crippen LogP) is 19.2. The second kappa shape index (κ2) is 90.8. The van der Waals surface area contributed by atoms with Crippen molar-refractivity contribution < 1.29 is 39.6 Å². The number of hydrogen-bond donors (Lipinski definition) is 0. The van der Waals surface area contributed by atoms with Crippen LogP contribution in [0.2, 0.25) is 0 Å². The van der Waals surface area contributed by atoms with Crippen molar-refractivity contribution in [1.29, 1.82) is 0 Å². The van der Waals surface area contributed by atoms with Crippen LogP contribution in [0.3, 0.4) is 0 Å². The fourth-order valence-electron chi connectivity index (χ4n) is 10.6. The Bertz CT molecular complexity index is 996. The second-order valence-corrected chi connectivity index (χ2v) is 24.3. The molecule has 0 aromatic carbocycles. The van der Waals surface area contributed by atoms with Gasteiger partial charge in [0, 0.05) is 23.9 Å². The Morgan fingerprint density at radius 3 is 0.305 bits per heavy atom. The number of carboxylic acid groups (broad SMARTS) is 4. The van der Waals surface area contributed by atoms with E-state index in [2.05, 4.69) is 27.7 Å². The Balaban J connectivity index is -0.000000233. The Morgan fingerprint density at radius 2 is 0.232 bits per heavy atom. The first-order valence-electron chi connectivity index (χ1n) is 35.9. The van der Waals surface area contributed by atoms with Crippen LogP contribution in [0.1, 0.15) is 439 Å². The molecule has 0 N–H and O–H groups in total. The zero-order chi connectivity index (χ0) is 59.6. The SMILES string of the molecule is CCCCCCCCCCCCCCCCCC(=O)[O-].CCCCCCCCCCCCCCCCCC(=O)[O-].CCCCCCCCCCCCCCCCCC(=O)[O-].CCCCCCCCCCCCCCCCCC(=O)[O-].[Ba+2].[Ba+2]. The van der Waals surface area contributed by atoms with Crippen LogP contribution in [0.25, 0.3) is 0 Å². The van der Waals surface area contributed by atoms with Gasteiger partial charge in [0.1, 0.15) is 0 Å². The molecule has 0 saturated heterocycles. The first-order valence-corrected chi connectivity index (χ1v) is 35.9. The van der Waals surface area contributed by atoms with Crippen LogP contribution in [-0.4, -0.2) is 122 Å². The molecule has 0 heterocycles. The summed E-state index contributed by atoms with van der Waals surface area (Å²) in [6.07, 6.45) is 79.4. The molecule has 0 atom stereocenters. The van der Waals surface area contributed by atoms with Crippen LogP contribution in [-0.2, 0) is 19.2 Å². The smallest absolute Gasteiger partial charge is 0.550 e. The van der Waals surface area contributed by atoms with E-state index in [1.807, 2.05) is 0 Å². The largest absolute Gasteiger partial charge is 2.00 e. The molecule has 0 rings (SSSR count). The average Bonchev–Trinajstić information content (AvgIpc) is 3.43. The van der Waals surface area contributed by atoms with E-state index in [1.54, 1.807) is 0 Å². The van der Waals surface area contributed by atoms with Gasteiger partial charge in [-0.15, -0.1) is 0 Å². The third-order valence-corrected chi connectivity index (χ3v) is 15.9. The topological polar surface area (TPSA) is 161 Å². The Labute approximate surface area is 593 Å². The van der Waals surface area contributed by atoms with Gasteiger partial charge >= 0.3 is 97.8 Å². The van der Waals surface area contributed by atoms with Gasteiger partial charge in [-0.2, -0.15) is 0 Å². The normalized spacial score (nSPS) is 10.6. The Morgan fingerprint density at radius 1 is 0.159 bits per heavy atom. The van der Waals surface area contributed by atoms with E-state index in [-0.39, 0.29) is 123 Å². The van der Waals surface area contributed by atoms with Gasteiger partial charge in [-0.25, -0.2) is 0 Å². The van der Waals surface area contributed by atoms with Crippen LogP contribution in [0.15, 0.2) is 0 Å². The summed E-state index contributed by atoms with van der Waals surface area (Å²) in [6, 6.07) is 0. The number of carbonyl (C=O) groups is 4. The van der Waals surface area contributed by atoms with E-state index >= 15 is 0 Å². The first-order chi connectivity index (χ1) is 39.1. The zero-order valence-electron chi connectivity index (χ0n) is 55.9. The number of unbranched alkanes of at least 4 members (excludes halogenated alkanes) is 56. The quantitative estimate of drug-likeness (QED) is 0.0430. The van der Waals surface area contributed by atoms with Gasteiger partial charge in [0.2, 0.25) is 0 Å². The molecule has 0 spiro atoms. The van der Waals surface area contributed by atoms with Crippen LogP contribution in [0.4, 0.5) is 0 Å². The molecule has 0 fully saturated rings. The summed E-state index contributed by atoms with van der Waals surface area (Å²) < 4.78 is 0. The molecule has 0 aromatic heterocycles. The summed E-state index contributed by atoms with van der Waals surface area (Å²) in [6.45, 7) is 9.07. The molecule has 10 heteroatoms. The maximum Gasteiger partial charge on any atom is 2.00 e. The van der Waals surface area contributed by atoms with Gasteiger partial charge in [-0.3, -0.25) is 0 Å². The van der Waals surface area contributed by atoms with Crippen LogP contribution >= 0.6 is 0 Å². The van der Waals surface area contributed by atoms with Gasteiger partial charge in [-0.05, 0) is 51.4 Å². The molecule has 0 aliphatic carbocycles. The molecular weight excluding hydrogens is 1270 g/mol. The predicted molar refractivity (Wildman–Crippen MR) is 350 cm³/mol. The molecule has 480 valence electrons. The minimum atomic E-state index is -0.903. The maximum absolute atomic E-state index is 10.2. The van der Waals surface area contributed by atoms with Crippen LogP contribution < -0.4 is 20.4 Å². The number of carbonyl (C=O) groups excluding carboxylic acids is 4. The van der Waals surface area contributed by atoms with Crippen molar-refractivity contribution in [1.82, 2.24) is 0 Å². The van der Waals surface area contributed by atoms with Gasteiger partial charge < -0.3 is 39.6 Å². The van der Waals surface area contributed by atoms with Gasteiger partial charge in [0.25, 0.3) is 0 Å². The number of carboxylic acids is 4. The third-order valence-electron chi connectivity index (χ3n) is 15.9. The third kappa shape index (κ3) is 109. The minimum absolute atomic E-state index is 0. The minimum Gasteiger partial charge on any atom is -0.550 e. The van der Waals surface area contributed by atoms with E-state index in [1.165, 1.54) is 334 Å². The number of hydrogen-bond acceptors (Lipinski definition) is 8. The molecule has 0 aliphatic heterocycles. The Hall–Kier alpha value is 1.02. The summed E-state index contributed by atoms with van der Waals surface area (Å²) in [5.74, 6) is -3.61. The summed E-state index contributed by atoms with van der Waals surface area (Å²) in [7, 11) is 0. The monoisotopic (exact) mass is 1410 g/mol. The second-order valence-electron chi connectivity index (χ2n) is 24.3. The molecule has 8 nitrogen and oxygen atoms in total. The first kappa shape index (κ1) is 94.2. The maximum atomic E-state index is 10.2. The van der Waals surface area contributed by atoms with Crippen molar-refractivity contribution in [3.8, 4) is 0 Å². The molecule has 0 amide bonds. The molecule has 0 aliphatic rings. The number of rotatable bonds is 64. The van der Waals surface area contributed by atoms with Crippen LogP contribution in [0, 0.1) is 0 Å². The standard InChI is InChI=1S/4C18H36O2.2Ba/c4*1-2-3-4-5-6-7-8-9-10-11-12-13-14-15-16-17-18(19)20;;/h4*2-17H2,1H3,(H,19,20);;/q;;;;2*+2/p-4. The molecule has 82 heavy (non-hydrogen) atoms. The van der Waals surface area contributed by atoms with E-state index in [4.69, 9.17) is 0 Å². The van der Waals surface area contributed by atoms with Gasteiger partial charge in [0.15, 0.2) is 0 Å². The number of aliphatic carboxylic acids is 4. The summed E-state index contributed by atoms with van der Waals surface area (Å²) in [4.78, 5) is 40.9. The van der Waals surface area contributed by atoms with Crippen molar-refractivity contribution in [2.45, 2.75) is 439 Å². The molecule has 0 bridgehead atoms. The molecule has 0 aromatic rings. The molecular formula is C72H140Ba2O8. The van der Waals surface area contributed by atoms with Gasteiger partial charge in [0.05, 0.1) is 0 Å². The van der Waals surface area contributed by atoms with E-state index in [9.17, 15) is 39.6 Å². The summed E-state index contributed by atoms with van der Waals surface area (Å²) >= 11 is 0. The fraction of sp³-hybridized carbons (Fsp3) is 0.944. The van der Waals surface area contributed by atoms with Crippen molar-refractivity contribution in [3.63, 3.8) is 0 Å². The average molecular weight is 1410 g/mol. The summed E-state index contributed by atoms with van der Waals surface area (Å²) in [5, 5.41) is 40.9. The summed E-state index contributed by atoms with van der Waals surface area (Å²) in [5.41, 5.74) is 0. The van der Waals surface area contributed by atoms with Gasteiger partial charge in [-0.1, -0.05) is 387 Å². The van der Waals surface area contributed by atoms with E-state index < -0.39 is 23.9 Å².